The van der Waals surface area contributed by atoms with Gasteiger partial charge in [0.05, 0.1) is 6.26 Å². The molecule has 0 saturated heterocycles. The molecule has 1 aromatic rings. The number of furan rings is 1. The van der Waals surface area contributed by atoms with E-state index in [0.29, 0.717) is 0 Å². The summed E-state index contributed by atoms with van der Waals surface area (Å²) in [6.45, 7) is 3.67. The Morgan fingerprint density at radius 2 is 2.12 bits per heavy atom. The fourth-order valence-corrected chi connectivity index (χ4v) is 1.45. The largest absolute Gasteiger partial charge is 0.463 e. The third kappa shape index (κ3) is 3.92. The summed E-state index contributed by atoms with van der Waals surface area (Å²) in [4.78, 5) is 22.5. The van der Waals surface area contributed by atoms with E-state index in [4.69, 9.17) is 4.42 Å². The van der Waals surface area contributed by atoms with Gasteiger partial charge in [-0.1, -0.05) is 0 Å². The maximum atomic E-state index is 11.6. The Morgan fingerprint density at radius 1 is 1.41 bits per heavy atom. The zero-order chi connectivity index (χ0) is 12.8. The Bertz CT molecular complexity index is 375. The number of hydrogen-bond donors (Lipinski definition) is 3. The van der Waals surface area contributed by atoms with E-state index >= 15 is 0 Å². The molecule has 6 nitrogen and oxygen atoms in total. The molecule has 1 aromatic heterocycles. The van der Waals surface area contributed by atoms with Crippen LogP contribution in [0.15, 0.2) is 22.8 Å². The lowest BCUT2D eigenvalue weighted by Crippen LogP contribution is -2.92. The number of imide groups is 1. The highest BCUT2D eigenvalue weighted by atomic mass is 16.3. The number of nitrogens with one attached hydrogen (secondary N) is 2. The Balaban J connectivity index is 2.46. The van der Waals surface area contributed by atoms with Crippen LogP contribution in [0.3, 0.4) is 0 Å². The molecule has 0 saturated carbocycles. The smallest absolute Gasteiger partial charge is 0.321 e. The summed E-state index contributed by atoms with van der Waals surface area (Å²) in [5.74, 6) is 0.465. The first kappa shape index (κ1) is 13.2. The van der Waals surface area contributed by atoms with Crippen molar-refractivity contribution >= 4 is 11.9 Å². The number of nitrogens with two attached hydrogens (primary N) is 1. The Morgan fingerprint density at radius 3 is 2.65 bits per heavy atom. The van der Waals surface area contributed by atoms with Gasteiger partial charge in [-0.05, 0) is 26.0 Å². The number of carbonyl (C=O) groups is 2. The van der Waals surface area contributed by atoms with Crippen LogP contribution in [-0.2, 0) is 4.79 Å². The third-order valence-corrected chi connectivity index (χ3v) is 2.45. The predicted molar refractivity (Wildman–Crippen MR) is 61.1 cm³/mol. The highest BCUT2D eigenvalue weighted by molar-refractivity contribution is 5.95. The Kier molecular flexibility index (Phi) is 4.71. The minimum Gasteiger partial charge on any atom is -0.463 e. The number of rotatable bonds is 4. The molecule has 0 unspecified atom stereocenters. The first-order valence-corrected chi connectivity index (χ1v) is 5.45. The van der Waals surface area contributed by atoms with Crippen LogP contribution in [0.2, 0.25) is 0 Å². The molecular formula is C11H18N3O3+. The number of hydrogen-bond acceptors (Lipinski definition) is 3. The van der Waals surface area contributed by atoms with E-state index in [1.54, 1.807) is 19.3 Å². The summed E-state index contributed by atoms with van der Waals surface area (Å²) in [7, 11) is 1.46. The van der Waals surface area contributed by atoms with Crippen molar-refractivity contribution in [3.05, 3.63) is 24.2 Å². The molecular weight excluding hydrogens is 222 g/mol. The second kappa shape index (κ2) is 6.05. The number of amides is 3. The van der Waals surface area contributed by atoms with Gasteiger partial charge in [-0.25, -0.2) is 4.79 Å². The summed E-state index contributed by atoms with van der Waals surface area (Å²) >= 11 is 0. The van der Waals surface area contributed by atoms with Gasteiger partial charge in [-0.3, -0.25) is 10.1 Å². The summed E-state index contributed by atoms with van der Waals surface area (Å²) in [6, 6.07) is 2.81. The van der Waals surface area contributed by atoms with Crippen LogP contribution in [0, 0.1) is 0 Å². The van der Waals surface area contributed by atoms with E-state index in [0.717, 1.165) is 5.76 Å². The lowest BCUT2D eigenvalue weighted by molar-refractivity contribution is -0.711. The molecule has 94 valence electrons. The first-order chi connectivity index (χ1) is 8.04. The van der Waals surface area contributed by atoms with E-state index in [9.17, 15) is 9.59 Å². The average molecular weight is 240 g/mol. The van der Waals surface area contributed by atoms with E-state index in [1.165, 1.54) is 7.05 Å². The maximum Gasteiger partial charge on any atom is 0.321 e. The van der Waals surface area contributed by atoms with Crippen LogP contribution in [0.1, 0.15) is 25.6 Å². The minimum absolute atomic E-state index is 0.0236. The highest BCUT2D eigenvalue weighted by Gasteiger charge is 2.22. The number of urea groups is 1. The molecule has 0 aliphatic heterocycles. The second-order valence-corrected chi connectivity index (χ2v) is 3.85. The molecule has 1 rings (SSSR count). The highest BCUT2D eigenvalue weighted by Crippen LogP contribution is 2.07. The van der Waals surface area contributed by atoms with Crippen molar-refractivity contribution in [3.8, 4) is 0 Å². The maximum absolute atomic E-state index is 11.6. The van der Waals surface area contributed by atoms with Crippen LogP contribution < -0.4 is 16.0 Å². The van der Waals surface area contributed by atoms with Gasteiger partial charge < -0.3 is 15.1 Å². The number of carbonyl (C=O) groups excluding carboxylic acids is 2. The first-order valence-electron chi connectivity index (χ1n) is 5.45. The molecule has 0 radical (unpaired) electrons. The lowest BCUT2D eigenvalue weighted by atomic mass is 10.2. The quantitative estimate of drug-likeness (QED) is 0.678. The zero-order valence-electron chi connectivity index (χ0n) is 10.2. The van der Waals surface area contributed by atoms with Crippen molar-refractivity contribution in [2.75, 3.05) is 7.05 Å². The molecule has 4 N–H and O–H groups in total. The van der Waals surface area contributed by atoms with Crippen LogP contribution >= 0.6 is 0 Å². The Labute approximate surface area is 99.8 Å². The van der Waals surface area contributed by atoms with Gasteiger partial charge in [-0.2, -0.15) is 0 Å². The van der Waals surface area contributed by atoms with Crippen molar-refractivity contribution in [2.45, 2.75) is 25.9 Å². The predicted octanol–water partition coefficient (Wildman–Crippen LogP) is -0.252. The number of quaternary nitrogens is 1. The molecule has 0 aliphatic rings. The van der Waals surface area contributed by atoms with E-state index in [1.807, 2.05) is 18.3 Å². The third-order valence-electron chi connectivity index (χ3n) is 2.45. The standard InChI is InChI=1S/C11H17N3O3/c1-7(9-5-4-6-17-9)13-8(2)10(15)14-11(16)12-3/h4-8,13H,1-3H3,(H2,12,14,15,16)/p+1/t7-,8-/m0/s1. The zero-order valence-corrected chi connectivity index (χ0v) is 10.2. The molecule has 0 aliphatic carbocycles. The van der Waals surface area contributed by atoms with Gasteiger partial charge >= 0.3 is 6.03 Å². The topological polar surface area (TPSA) is 88.0 Å². The Hall–Kier alpha value is -1.82. The molecule has 0 aromatic carbocycles. The summed E-state index contributed by atoms with van der Waals surface area (Å²) in [6.07, 6.45) is 1.59. The molecule has 0 spiro atoms. The normalized spacial score (nSPS) is 13.8. The van der Waals surface area contributed by atoms with Crippen LogP contribution in [0.25, 0.3) is 0 Å². The van der Waals surface area contributed by atoms with Crippen molar-refractivity contribution in [2.24, 2.45) is 0 Å². The lowest BCUT2D eigenvalue weighted by Gasteiger charge is -2.14. The molecule has 3 amide bonds. The average Bonchev–Trinajstić information content (AvgIpc) is 2.82. The van der Waals surface area contributed by atoms with Gasteiger partial charge in [0.1, 0.15) is 6.04 Å². The fraction of sp³-hybridized carbons (Fsp3) is 0.455. The summed E-state index contributed by atoms with van der Waals surface area (Å²) in [5.41, 5.74) is 0. The van der Waals surface area contributed by atoms with Gasteiger partial charge in [0.25, 0.3) is 5.91 Å². The van der Waals surface area contributed by atoms with Gasteiger partial charge in [0.15, 0.2) is 11.8 Å². The molecule has 17 heavy (non-hydrogen) atoms. The second-order valence-electron chi connectivity index (χ2n) is 3.85. The minimum atomic E-state index is -0.499. The van der Waals surface area contributed by atoms with Crippen LogP contribution in [0.5, 0.6) is 0 Å². The summed E-state index contributed by atoms with van der Waals surface area (Å²) in [5, 5.41) is 6.39. The van der Waals surface area contributed by atoms with Gasteiger partial charge in [0.2, 0.25) is 0 Å². The van der Waals surface area contributed by atoms with Crippen molar-refractivity contribution in [1.29, 1.82) is 0 Å². The molecule has 6 heteroatoms. The molecule has 1 heterocycles. The van der Waals surface area contributed by atoms with Gasteiger partial charge in [-0.15, -0.1) is 0 Å². The molecule has 0 fully saturated rings. The van der Waals surface area contributed by atoms with Gasteiger partial charge in [0, 0.05) is 7.05 Å². The molecule has 0 bridgehead atoms. The van der Waals surface area contributed by atoms with Crippen LogP contribution in [-0.4, -0.2) is 25.0 Å². The van der Waals surface area contributed by atoms with Crippen LogP contribution in [0.4, 0.5) is 4.79 Å². The van der Waals surface area contributed by atoms with E-state index < -0.39 is 6.03 Å². The molecule has 2 atom stereocenters. The SMILES string of the molecule is CNC(=O)NC(=O)[C@H](C)[NH2+][C@@H](C)c1ccco1. The monoisotopic (exact) mass is 240 g/mol. The van der Waals surface area contributed by atoms with Crippen molar-refractivity contribution in [3.63, 3.8) is 0 Å². The van der Waals surface area contributed by atoms with Crippen molar-refractivity contribution in [1.82, 2.24) is 10.6 Å². The van der Waals surface area contributed by atoms with Crippen molar-refractivity contribution < 1.29 is 19.3 Å². The fourth-order valence-electron chi connectivity index (χ4n) is 1.45. The van der Waals surface area contributed by atoms with E-state index in [-0.39, 0.29) is 18.0 Å². The summed E-state index contributed by atoms with van der Waals surface area (Å²) < 4.78 is 5.24. The van der Waals surface area contributed by atoms with E-state index in [2.05, 4.69) is 10.6 Å².